The molecule has 3 aromatic rings. The quantitative estimate of drug-likeness (QED) is 0.617. The Kier molecular flexibility index (Phi) is 5.63. The smallest absolute Gasteiger partial charge is 0.326 e. The SMILES string of the molecule is CC(=O)Nc1ccc(NC(=O)C(C(C)C)n2c(=O)[nH]c3ccccc3c2=O)cc1. The van der Waals surface area contributed by atoms with Crippen molar-refractivity contribution in [2.24, 2.45) is 5.92 Å². The second-order valence-electron chi connectivity index (χ2n) is 7.09. The average molecular weight is 394 g/mol. The van der Waals surface area contributed by atoms with Gasteiger partial charge in [0.1, 0.15) is 6.04 Å². The van der Waals surface area contributed by atoms with E-state index in [1.165, 1.54) is 6.92 Å². The van der Waals surface area contributed by atoms with Crippen LogP contribution in [0.25, 0.3) is 10.9 Å². The number of rotatable bonds is 5. The third-order valence-electron chi connectivity index (χ3n) is 4.49. The van der Waals surface area contributed by atoms with Crippen molar-refractivity contribution in [3.63, 3.8) is 0 Å². The number of benzene rings is 2. The lowest BCUT2D eigenvalue weighted by Gasteiger charge is -2.22. The highest BCUT2D eigenvalue weighted by Crippen LogP contribution is 2.20. The molecule has 0 fully saturated rings. The zero-order chi connectivity index (χ0) is 21.1. The molecule has 0 saturated heterocycles. The van der Waals surface area contributed by atoms with Crippen molar-refractivity contribution >= 4 is 34.1 Å². The van der Waals surface area contributed by atoms with Crippen LogP contribution in [0.2, 0.25) is 0 Å². The van der Waals surface area contributed by atoms with Gasteiger partial charge in [0.25, 0.3) is 5.56 Å². The molecule has 3 rings (SSSR count). The van der Waals surface area contributed by atoms with E-state index in [4.69, 9.17) is 0 Å². The van der Waals surface area contributed by atoms with Gasteiger partial charge in [-0.1, -0.05) is 26.0 Å². The fourth-order valence-corrected chi connectivity index (χ4v) is 3.20. The van der Waals surface area contributed by atoms with Crippen LogP contribution in [0.1, 0.15) is 26.8 Å². The number of aromatic nitrogens is 2. The summed E-state index contributed by atoms with van der Waals surface area (Å²) in [6, 6.07) is 12.2. The van der Waals surface area contributed by atoms with Gasteiger partial charge >= 0.3 is 5.69 Å². The molecule has 8 nitrogen and oxygen atoms in total. The van der Waals surface area contributed by atoms with E-state index in [-0.39, 0.29) is 11.8 Å². The lowest BCUT2D eigenvalue weighted by Crippen LogP contribution is -2.44. The van der Waals surface area contributed by atoms with Crippen LogP contribution in [0.4, 0.5) is 11.4 Å². The molecule has 150 valence electrons. The highest BCUT2D eigenvalue weighted by molar-refractivity contribution is 5.95. The number of para-hydroxylation sites is 1. The van der Waals surface area contributed by atoms with E-state index in [1.807, 2.05) is 0 Å². The summed E-state index contributed by atoms with van der Waals surface area (Å²) in [4.78, 5) is 52.3. The molecule has 8 heteroatoms. The maximum Gasteiger partial charge on any atom is 0.329 e. The number of H-pyrrole nitrogens is 1. The fraction of sp³-hybridized carbons (Fsp3) is 0.238. The summed E-state index contributed by atoms with van der Waals surface area (Å²) >= 11 is 0. The Morgan fingerprint density at radius 3 is 2.10 bits per heavy atom. The van der Waals surface area contributed by atoms with Gasteiger partial charge in [-0.05, 0) is 42.3 Å². The van der Waals surface area contributed by atoms with Crippen molar-refractivity contribution in [2.75, 3.05) is 10.6 Å². The van der Waals surface area contributed by atoms with Gasteiger partial charge < -0.3 is 15.6 Å². The molecule has 0 bridgehead atoms. The normalized spacial score (nSPS) is 12.0. The number of fused-ring (bicyclic) bond motifs is 1. The van der Waals surface area contributed by atoms with E-state index >= 15 is 0 Å². The van der Waals surface area contributed by atoms with Crippen molar-refractivity contribution in [3.8, 4) is 0 Å². The van der Waals surface area contributed by atoms with Gasteiger partial charge in [-0.25, -0.2) is 9.36 Å². The van der Waals surface area contributed by atoms with E-state index in [0.717, 1.165) is 4.57 Å². The fourth-order valence-electron chi connectivity index (χ4n) is 3.20. The Bertz CT molecular complexity index is 1180. The Hall–Kier alpha value is -3.68. The van der Waals surface area contributed by atoms with Crippen molar-refractivity contribution in [1.82, 2.24) is 9.55 Å². The van der Waals surface area contributed by atoms with Gasteiger partial charge in [0.05, 0.1) is 10.9 Å². The van der Waals surface area contributed by atoms with Crippen LogP contribution >= 0.6 is 0 Å². The predicted molar refractivity (Wildman–Crippen MR) is 112 cm³/mol. The summed E-state index contributed by atoms with van der Waals surface area (Å²) in [6.07, 6.45) is 0. The molecule has 0 aliphatic rings. The summed E-state index contributed by atoms with van der Waals surface area (Å²) < 4.78 is 0.966. The second kappa shape index (κ2) is 8.14. The summed E-state index contributed by atoms with van der Waals surface area (Å²) in [5, 5.41) is 5.72. The molecule has 3 N–H and O–H groups in total. The number of hydrogen-bond acceptors (Lipinski definition) is 4. The third-order valence-corrected chi connectivity index (χ3v) is 4.49. The molecule has 1 atom stereocenters. The highest BCUT2D eigenvalue weighted by atomic mass is 16.2. The lowest BCUT2D eigenvalue weighted by atomic mass is 10.0. The first-order chi connectivity index (χ1) is 13.8. The number of anilines is 2. The lowest BCUT2D eigenvalue weighted by molar-refractivity contribution is -0.120. The number of nitrogens with zero attached hydrogens (tertiary/aromatic N) is 1. The first-order valence-electron chi connectivity index (χ1n) is 9.20. The largest absolute Gasteiger partial charge is 0.329 e. The van der Waals surface area contributed by atoms with Crippen LogP contribution in [0.3, 0.4) is 0 Å². The maximum atomic E-state index is 13.0. The predicted octanol–water partition coefficient (Wildman–Crippen LogP) is 2.48. The Balaban J connectivity index is 1.95. The second-order valence-corrected chi connectivity index (χ2v) is 7.09. The van der Waals surface area contributed by atoms with Crippen molar-refractivity contribution in [2.45, 2.75) is 26.8 Å². The molecule has 0 radical (unpaired) electrons. The van der Waals surface area contributed by atoms with Gasteiger partial charge in [-0.2, -0.15) is 0 Å². The van der Waals surface area contributed by atoms with Crippen LogP contribution in [-0.4, -0.2) is 21.4 Å². The summed E-state index contributed by atoms with van der Waals surface area (Å²) in [5.41, 5.74) is 0.358. The molecule has 2 aromatic carbocycles. The molecular weight excluding hydrogens is 372 g/mol. The summed E-state index contributed by atoms with van der Waals surface area (Å²) in [6.45, 7) is 4.94. The molecule has 0 aliphatic carbocycles. The summed E-state index contributed by atoms with van der Waals surface area (Å²) in [5.74, 6) is -0.986. The zero-order valence-electron chi connectivity index (χ0n) is 16.4. The van der Waals surface area contributed by atoms with Gasteiger partial charge in [0, 0.05) is 18.3 Å². The van der Waals surface area contributed by atoms with Crippen molar-refractivity contribution in [3.05, 3.63) is 69.4 Å². The van der Waals surface area contributed by atoms with Gasteiger partial charge in [-0.3, -0.25) is 14.4 Å². The first-order valence-corrected chi connectivity index (χ1v) is 9.20. The Morgan fingerprint density at radius 2 is 1.52 bits per heavy atom. The number of carbonyl (C=O) groups excluding carboxylic acids is 2. The van der Waals surface area contributed by atoms with E-state index in [0.29, 0.717) is 22.3 Å². The Labute approximate surface area is 166 Å². The minimum Gasteiger partial charge on any atom is -0.326 e. The number of carbonyl (C=O) groups is 2. The number of nitrogens with one attached hydrogen (secondary N) is 3. The van der Waals surface area contributed by atoms with Gasteiger partial charge in [-0.15, -0.1) is 0 Å². The zero-order valence-corrected chi connectivity index (χ0v) is 16.4. The number of hydrogen-bond donors (Lipinski definition) is 3. The molecule has 1 unspecified atom stereocenters. The van der Waals surface area contributed by atoms with Crippen molar-refractivity contribution in [1.29, 1.82) is 0 Å². The third kappa shape index (κ3) is 4.26. The molecule has 0 saturated carbocycles. The van der Waals surface area contributed by atoms with Crippen LogP contribution in [0.5, 0.6) is 0 Å². The van der Waals surface area contributed by atoms with Crippen LogP contribution in [-0.2, 0) is 9.59 Å². The molecule has 2 amide bonds. The topological polar surface area (TPSA) is 113 Å². The average Bonchev–Trinajstić information content (AvgIpc) is 2.65. The van der Waals surface area contributed by atoms with E-state index in [1.54, 1.807) is 62.4 Å². The molecule has 1 aromatic heterocycles. The molecule has 1 heterocycles. The standard InChI is InChI=1S/C21H22N4O4/c1-12(2)18(19(27)23-15-10-8-14(9-11-15)22-13(3)26)25-20(28)16-6-4-5-7-17(16)24-21(25)29/h4-12,18H,1-3H3,(H,22,26)(H,23,27)(H,24,29). The van der Waals surface area contributed by atoms with Gasteiger partial charge in [0.15, 0.2) is 0 Å². The number of aromatic amines is 1. The summed E-state index contributed by atoms with van der Waals surface area (Å²) in [7, 11) is 0. The van der Waals surface area contributed by atoms with Crippen molar-refractivity contribution < 1.29 is 9.59 Å². The molecule has 0 spiro atoms. The first kappa shape index (κ1) is 20.1. The van der Waals surface area contributed by atoms with Crippen LogP contribution in [0, 0.1) is 5.92 Å². The Morgan fingerprint density at radius 1 is 0.931 bits per heavy atom. The van der Waals surface area contributed by atoms with Crippen LogP contribution in [0.15, 0.2) is 58.1 Å². The molecule has 29 heavy (non-hydrogen) atoms. The molecular formula is C21H22N4O4. The minimum atomic E-state index is -0.995. The van der Waals surface area contributed by atoms with E-state index in [2.05, 4.69) is 15.6 Å². The minimum absolute atomic E-state index is 0.198. The maximum absolute atomic E-state index is 13.0. The highest BCUT2D eigenvalue weighted by Gasteiger charge is 2.28. The molecule has 0 aliphatic heterocycles. The van der Waals surface area contributed by atoms with E-state index in [9.17, 15) is 19.2 Å². The van der Waals surface area contributed by atoms with Crippen LogP contribution < -0.4 is 21.9 Å². The monoisotopic (exact) mass is 394 g/mol. The van der Waals surface area contributed by atoms with E-state index < -0.39 is 23.2 Å². The van der Waals surface area contributed by atoms with Gasteiger partial charge in [0.2, 0.25) is 11.8 Å². The number of amides is 2.